The topological polar surface area (TPSA) is 35.6 Å². The summed E-state index contributed by atoms with van der Waals surface area (Å²) in [5, 5.41) is 9.48. The highest BCUT2D eigenvalue weighted by Gasteiger charge is 2.23. The van der Waals surface area contributed by atoms with Crippen LogP contribution in [0, 0.1) is 0 Å². The van der Waals surface area contributed by atoms with Crippen molar-refractivity contribution < 1.29 is 0 Å². The molecule has 270 valence electrons. The van der Waals surface area contributed by atoms with Gasteiger partial charge in [-0.15, -0.1) is 0 Å². The first-order valence-electron chi connectivity index (χ1n) is 19.7. The first-order chi connectivity index (χ1) is 28.8. The summed E-state index contributed by atoms with van der Waals surface area (Å²) in [6.45, 7) is 0. The molecule has 0 unspecified atom stereocenters. The Kier molecular flexibility index (Phi) is 7.20. The Balaban J connectivity index is 1.18. The largest absolute Gasteiger partial charge is 0.309 e. The minimum absolute atomic E-state index is 0.694. The maximum absolute atomic E-state index is 5.43. The van der Waals surface area contributed by atoms with Gasteiger partial charge in [0.2, 0.25) is 0 Å². The number of benzene rings is 9. The van der Waals surface area contributed by atoms with Crippen molar-refractivity contribution in [2.24, 2.45) is 0 Å². The average Bonchev–Trinajstić information content (AvgIpc) is 3.80. The molecule has 9 aromatic carbocycles. The lowest BCUT2D eigenvalue weighted by atomic mass is 9.98. The number of aromatic nitrogens is 4. The molecule has 0 saturated carbocycles. The summed E-state index contributed by atoms with van der Waals surface area (Å²) in [6, 6.07) is 73.8. The zero-order valence-corrected chi connectivity index (χ0v) is 31.4. The molecule has 0 aliphatic carbocycles. The molecule has 0 saturated heterocycles. The molecular weight excluding hydrogens is 705 g/mol. The van der Waals surface area contributed by atoms with Gasteiger partial charge >= 0.3 is 0 Å². The molecule has 4 nitrogen and oxygen atoms in total. The Labute approximate surface area is 334 Å². The lowest BCUT2D eigenvalue weighted by Gasteiger charge is -2.16. The van der Waals surface area contributed by atoms with Crippen molar-refractivity contribution in [1.82, 2.24) is 19.1 Å². The quantitative estimate of drug-likeness (QED) is 0.176. The fraction of sp³-hybridized carbons (Fsp3) is 0. The van der Waals surface area contributed by atoms with Crippen LogP contribution in [0.5, 0.6) is 0 Å². The fourth-order valence-corrected chi connectivity index (χ4v) is 9.05. The predicted octanol–water partition coefficient (Wildman–Crippen LogP) is 14.0. The molecule has 0 aliphatic rings. The van der Waals surface area contributed by atoms with E-state index in [0.29, 0.717) is 5.82 Å². The summed E-state index contributed by atoms with van der Waals surface area (Å²) in [5.41, 5.74) is 11.7. The van der Waals surface area contributed by atoms with Crippen molar-refractivity contribution in [1.29, 1.82) is 0 Å². The van der Waals surface area contributed by atoms with Crippen molar-refractivity contribution in [2.75, 3.05) is 0 Å². The van der Waals surface area contributed by atoms with Crippen molar-refractivity contribution in [2.45, 2.75) is 0 Å². The van der Waals surface area contributed by atoms with Gasteiger partial charge in [-0.25, -0.2) is 9.97 Å². The Morgan fingerprint density at radius 1 is 0.310 bits per heavy atom. The van der Waals surface area contributed by atoms with Gasteiger partial charge in [0.15, 0.2) is 5.82 Å². The minimum atomic E-state index is 0.694. The minimum Gasteiger partial charge on any atom is -0.309 e. The number of fused-ring (bicyclic) bond motifs is 8. The van der Waals surface area contributed by atoms with Crippen molar-refractivity contribution >= 4 is 65.2 Å². The summed E-state index contributed by atoms with van der Waals surface area (Å²) in [6.07, 6.45) is 0. The molecule has 12 rings (SSSR count). The fourth-order valence-electron chi connectivity index (χ4n) is 9.05. The van der Waals surface area contributed by atoms with Crippen LogP contribution < -0.4 is 0 Å². The van der Waals surface area contributed by atoms with E-state index in [1.165, 1.54) is 32.4 Å². The standard InChI is InChI=1S/C54H34N4/c1-3-16-36(17-4-1)47-34-48(37-18-5-2-6-19-37)56-54(55-47)52-42-22-10-9-21-39(42)32-46-44-24-12-14-26-50(44)58(53(46)52)41-29-30-51-45(33-41)43-23-11-13-25-49(43)57(51)40-28-27-35-15-7-8-20-38(35)31-40/h1-34H. The molecule has 0 spiro atoms. The van der Waals surface area contributed by atoms with E-state index in [1.54, 1.807) is 0 Å². The lowest BCUT2D eigenvalue weighted by molar-refractivity contribution is 1.16. The highest BCUT2D eigenvalue weighted by atomic mass is 15.0. The first-order valence-corrected chi connectivity index (χ1v) is 19.7. The number of hydrogen-bond acceptors (Lipinski definition) is 2. The number of hydrogen-bond donors (Lipinski definition) is 0. The Hall–Kier alpha value is -7.82. The third-order valence-corrected chi connectivity index (χ3v) is 11.7. The van der Waals surface area contributed by atoms with Crippen molar-refractivity contribution in [3.63, 3.8) is 0 Å². The summed E-state index contributed by atoms with van der Waals surface area (Å²) in [5.74, 6) is 0.694. The van der Waals surface area contributed by atoms with Gasteiger partial charge < -0.3 is 9.13 Å². The molecule has 0 N–H and O–H groups in total. The van der Waals surface area contributed by atoms with Gasteiger partial charge in [-0.1, -0.05) is 152 Å². The summed E-state index contributed by atoms with van der Waals surface area (Å²) >= 11 is 0. The molecule has 0 fully saturated rings. The molecule has 58 heavy (non-hydrogen) atoms. The monoisotopic (exact) mass is 738 g/mol. The van der Waals surface area contributed by atoms with Gasteiger partial charge in [-0.2, -0.15) is 0 Å². The zero-order chi connectivity index (χ0) is 38.2. The van der Waals surface area contributed by atoms with Crippen molar-refractivity contribution in [3.05, 3.63) is 206 Å². The molecule has 4 heteroatoms. The average molecular weight is 739 g/mol. The normalized spacial score (nSPS) is 11.8. The SMILES string of the molecule is c1ccc(-c2cc(-c3ccccc3)nc(-c3c4ccccc4cc4c5ccccc5n(-c5ccc6c(c5)c5ccccc5n6-c5ccc6ccccc6c5)c34)n2)cc1. The maximum atomic E-state index is 5.43. The van der Waals surface area contributed by atoms with Crippen LogP contribution in [0.15, 0.2) is 206 Å². The zero-order valence-electron chi connectivity index (χ0n) is 31.4. The second-order valence-electron chi connectivity index (χ2n) is 15.0. The van der Waals surface area contributed by atoms with E-state index in [1.807, 2.05) is 12.1 Å². The van der Waals surface area contributed by atoms with E-state index in [2.05, 4.69) is 203 Å². The van der Waals surface area contributed by atoms with E-state index in [4.69, 9.17) is 9.97 Å². The van der Waals surface area contributed by atoms with E-state index < -0.39 is 0 Å². The molecule has 0 bridgehead atoms. The van der Waals surface area contributed by atoms with E-state index >= 15 is 0 Å². The predicted molar refractivity (Wildman–Crippen MR) is 242 cm³/mol. The second-order valence-corrected chi connectivity index (χ2v) is 15.0. The first kappa shape index (κ1) is 32.4. The Morgan fingerprint density at radius 2 is 0.828 bits per heavy atom. The summed E-state index contributed by atoms with van der Waals surface area (Å²) in [4.78, 5) is 10.9. The molecule has 0 amide bonds. The van der Waals surface area contributed by atoms with Crippen LogP contribution in [-0.2, 0) is 0 Å². The summed E-state index contributed by atoms with van der Waals surface area (Å²) in [7, 11) is 0. The van der Waals surface area contributed by atoms with Crippen LogP contribution in [-0.4, -0.2) is 19.1 Å². The molecule has 0 atom stereocenters. The molecule has 3 heterocycles. The lowest BCUT2D eigenvalue weighted by Crippen LogP contribution is -2.01. The van der Waals surface area contributed by atoms with Crippen LogP contribution in [0.2, 0.25) is 0 Å². The van der Waals surface area contributed by atoms with Gasteiger partial charge in [-0.05, 0) is 76.1 Å². The van der Waals surface area contributed by atoms with Gasteiger partial charge in [0.25, 0.3) is 0 Å². The third kappa shape index (κ3) is 5.02. The molecule has 12 aromatic rings. The number of nitrogens with zero attached hydrogens (tertiary/aromatic N) is 4. The number of rotatable bonds is 5. The van der Waals surface area contributed by atoms with Crippen LogP contribution in [0.4, 0.5) is 0 Å². The third-order valence-electron chi connectivity index (χ3n) is 11.7. The van der Waals surface area contributed by atoms with Gasteiger partial charge in [0.1, 0.15) is 0 Å². The maximum Gasteiger partial charge on any atom is 0.163 e. The van der Waals surface area contributed by atoms with Crippen LogP contribution in [0.3, 0.4) is 0 Å². The van der Waals surface area contributed by atoms with E-state index in [9.17, 15) is 0 Å². The van der Waals surface area contributed by atoms with Crippen LogP contribution in [0.1, 0.15) is 0 Å². The highest BCUT2D eigenvalue weighted by Crippen LogP contribution is 2.44. The summed E-state index contributed by atoms with van der Waals surface area (Å²) < 4.78 is 4.84. The van der Waals surface area contributed by atoms with Crippen LogP contribution >= 0.6 is 0 Å². The van der Waals surface area contributed by atoms with Crippen LogP contribution in [0.25, 0.3) is 110 Å². The molecule has 3 aromatic heterocycles. The molecule has 0 radical (unpaired) electrons. The van der Waals surface area contributed by atoms with Crippen molar-refractivity contribution in [3.8, 4) is 45.3 Å². The second kappa shape index (κ2) is 12.9. The Bertz CT molecular complexity index is 3500. The number of para-hydroxylation sites is 2. The Morgan fingerprint density at radius 3 is 1.53 bits per heavy atom. The van der Waals surface area contributed by atoms with Gasteiger partial charge in [-0.3, -0.25) is 0 Å². The molecular formula is C54H34N4. The van der Waals surface area contributed by atoms with E-state index in [-0.39, 0.29) is 0 Å². The van der Waals surface area contributed by atoms with Gasteiger partial charge in [0, 0.05) is 44.0 Å². The molecule has 0 aliphatic heterocycles. The smallest absolute Gasteiger partial charge is 0.163 e. The van der Waals surface area contributed by atoms with E-state index in [0.717, 1.165) is 72.2 Å². The van der Waals surface area contributed by atoms with Gasteiger partial charge in [0.05, 0.1) is 39.0 Å². The highest BCUT2D eigenvalue weighted by molar-refractivity contribution is 6.21.